The predicted octanol–water partition coefficient (Wildman–Crippen LogP) is 5.35. The lowest BCUT2D eigenvalue weighted by molar-refractivity contribution is 0.124. The second-order valence-electron chi connectivity index (χ2n) is 4.50. The van der Waals surface area contributed by atoms with Crippen molar-refractivity contribution in [2.24, 2.45) is 5.16 Å². The van der Waals surface area contributed by atoms with E-state index in [1.807, 2.05) is 25.2 Å². The van der Waals surface area contributed by atoms with Crippen LogP contribution in [-0.2, 0) is 11.4 Å². The Labute approximate surface area is 136 Å². The van der Waals surface area contributed by atoms with Gasteiger partial charge in [-0.2, -0.15) is 0 Å². The molecule has 2 nitrogen and oxygen atoms in total. The van der Waals surface area contributed by atoms with Crippen molar-refractivity contribution >= 4 is 6.21 Å². The minimum atomic E-state index is -2.21. The lowest BCUT2D eigenvalue weighted by Gasteiger charge is -2.06. The van der Waals surface area contributed by atoms with Crippen molar-refractivity contribution in [1.82, 2.24) is 0 Å². The molecule has 0 saturated carbocycles. The molecule has 0 saturated heterocycles. The van der Waals surface area contributed by atoms with Crippen molar-refractivity contribution in [1.29, 1.82) is 0 Å². The Hall–Kier alpha value is -2.44. The highest BCUT2D eigenvalue weighted by Crippen LogP contribution is 2.23. The zero-order valence-corrected chi connectivity index (χ0v) is 12.9. The summed E-state index contributed by atoms with van der Waals surface area (Å²) in [6.07, 6.45) is 13.8. The molecule has 0 aliphatic carbocycles. The third-order valence-corrected chi connectivity index (χ3v) is 2.76. The molecule has 0 amide bonds. The Bertz CT molecular complexity index is 636. The molecule has 0 bridgehead atoms. The smallest absolute Gasteiger partial charge is 0.200 e. The van der Waals surface area contributed by atoms with E-state index in [4.69, 9.17) is 0 Å². The van der Waals surface area contributed by atoms with Gasteiger partial charge >= 0.3 is 0 Å². The highest BCUT2D eigenvalue weighted by atomic mass is 19.2. The van der Waals surface area contributed by atoms with Crippen molar-refractivity contribution in [2.75, 3.05) is 0 Å². The van der Waals surface area contributed by atoms with E-state index in [9.17, 15) is 22.0 Å². The summed E-state index contributed by atoms with van der Waals surface area (Å²) in [5, 5.41) is 3.35. The summed E-state index contributed by atoms with van der Waals surface area (Å²) in [7, 11) is 0. The average molecular weight is 345 g/mol. The highest BCUT2D eigenvalue weighted by Gasteiger charge is 2.25. The fourth-order valence-corrected chi connectivity index (χ4v) is 1.57. The Kier molecular flexibility index (Phi) is 8.46. The average Bonchev–Trinajstić information content (AvgIpc) is 2.58. The quantitative estimate of drug-likeness (QED) is 0.118. The number of benzene rings is 1. The molecule has 1 aromatic carbocycles. The molecule has 0 N–H and O–H groups in total. The van der Waals surface area contributed by atoms with Gasteiger partial charge in [0.2, 0.25) is 5.82 Å². The van der Waals surface area contributed by atoms with Gasteiger partial charge < -0.3 is 4.84 Å². The molecule has 1 rings (SSSR count). The van der Waals surface area contributed by atoms with Crippen LogP contribution in [0.15, 0.2) is 41.6 Å². The monoisotopic (exact) mass is 345 g/mol. The molecular formula is C17H16F5NO. The van der Waals surface area contributed by atoms with E-state index >= 15 is 0 Å². The Morgan fingerprint density at radius 2 is 1.42 bits per heavy atom. The van der Waals surface area contributed by atoms with E-state index in [2.05, 4.69) is 9.99 Å². The standard InChI is InChI=1S/C17H16F5NO/c1-2-3-4-5-6-7-8-9-10-23-24-11-12-13(18)15(20)17(22)16(21)14(12)19/h3-4,6-10H,2,5,11H2,1H3/b4-3-,7-6-,9-8+,23-10+. The third-order valence-electron chi connectivity index (χ3n) is 2.76. The SMILES string of the molecule is CC/C=C\C\C=C/C=C/C=N/OCc1c(F)c(F)c(F)c(F)c1F. The number of nitrogens with zero attached hydrogens (tertiary/aromatic N) is 1. The van der Waals surface area contributed by atoms with Crippen LogP contribution in [0.4, 0.5) is 22.0 Å². The maximum atomic E-state index is 13.3. The van der Waals surface area contributed by atoms with Crippen molar-refractivity contribution in [2.45, 2.75) is 26.4 Å². The molecular weight excluding hydrogens is 329 g/mol. The van der Waals surface area contributed by atoms with Crippen LogP contribution >= 0.6 is 0 Å². The first-order valence-corrected chi connectivity index (χ1v) is 7.13. The summed E-state index contributed by atoms with van der Waals surface area (Å²) in [5.74, 6) is -10.1. The van der Waals surface area contributed by atoms with E-state index < -0.39 is 41.3 Å². The van der Waals surface area contributed by atoms with Crippen LogP contribution in [-0.4, -0.2) is 6.21 Å². The number of rotatable bonds is 8. The zero-order chi connectivity index (χ0) is 17.9. The summed E-state index contributed by atoms with van der Waals surface area (Å²) in [6.45, 7) is 1.15. The molecule has 0 unspecified atom stereocenters. The zero-order valence-electron chi connectivity index (χ0n) is 12.9. The normalized spacial score (nSPS) is 12.4. The number of oxime groups is 1. The van der Waals surface area contributed by atoms with Crippen LogP contribution in [0.1, 0.15) is 25.3 Å². The second kappa shape index (κ2) is 10.4. The Morgan fingerprint density at radius 1 is 0.792 bits per heavy atom. The van der Waals surface area contributed by atoms with Gasteiger partial charge in [-0.1, -0.05) is 42.5 Å². The van der Waals surface area contributed by atoms with Gasteiger partial charge in [-0.05, 0) is 18.9 Å². The molecule has 0 spiro atoms. The maximum absolute atomic E-state index is 13.3. The molecule has 7 heteroatoms. The predicted molar refractivity (Wildman–Crippen MR) is 81.8 cm³/mol. The minimum absolute atomic E-state index is 0.784. The lowest BCUT2D eigenvalue weighted by atomic mass is 10.2. The molecule has 1 aromatic rings. The summed E-state index contributed by atoms with van der Waals surface area (Å²) in [4.78, 5) is 4.54. The van der Waals surface area contributed by atoms with Crippen LogP contribution in [0.2, 0.25) is 0 Å². The first-order valence-electron chi connectivity index (χ1n) is 7.13. The number of halogens is 5. The molecule has 0 fully saturated rings. The van der Waals surface area contributed by atoms with Gasteiger partial charge in [0, 0.05) is 0 Å². The van der Waals surface area contributed by atoms with Crippen LogP contribution in [0, 0.1) is 29.1 Å². The Balaban J connectivity index is 2.52. The van der Waals surface area contributed by atoms with E-state index in [0.717, 1.165) is 12.8 Å². The highest BCUT2D eigenvalue weighted by molar-refractivity contribution is 5.70. The first-order chi connectivity index (χ1) is 11.5. The van der Waals surface area contributed by atoms with Crippen LogP contribution in [0.3, 0.4) is 0 Å². The lowest BCUT2D eigenvalue weighted by Crippen LogP contribution is -2.07. The van der Waals surface area contributed by atoms with Crippen molar-refractivity contribution < 1.29 is 26.8 Å². The van der Waals surface area contributed by atoms with Gasteiger partial charge in [0.05, 0.1) is 11.8 Å². The summed E-state index contributed by atoms with van der Waals surface area (Å²) >= 11 is 0. The molecule has 0 heterocycles. The summed E-state index contributed by atoms with van der Waals surface area (Å²) < 4.78 is 65.4. The molecule has 0 atom stereocenters. The van der Waals surface area contributed by atoms with Crippen molar-refractivity contribution in [3.05, 3.63) is 71.1 Å². The molecule has 130 valence electrons. The maximum Gasteiger partial charge on any atom is 0.200 e. The molecule has 0 aliphatic rings. The van der Waals surface area contributed by atoms with E-state index in [1.54, 1.807) is 12.2 Å². The van der Waals surface area contributed by atoms with Gasteiger partial charge in [0.1, 0.15) is 6.61 Å². The van der Waals surface area contributed by atoms with Crippen molar-refractivity contribution in [3.8, 4) is 0 Å². The van der Waals surface area contributed by atoms with Gasteiger partial charge in [-0.25, -0.2) is 22.0 Å². The molecule has 24 heavy (non-hydrogen) atoms. The van der Waals surface area contributed by atoms with Gasteiger partial charge in [-0.15, -0.1) is 0 Å². The summed E-state index contributed by atoms with van der Waals surface area (Å²) in [5.41, 5.74) is -1.07. The molecule has 0 radical (unpaired) electrons. The van der Waals surface area contributed by atoms with Gasteiger partial charge in [0.25, 0.3) is 0 Å². The number of allylic oxidation sites excluding steroid dienone is 6. The summed E-state index contributed by atoms with van der Waals surface area (Å²) in [6, 6.07) is 0. The molecule has 0 aliphatic heterocycles. The Morgan fingerprint density at radius 3 is 2.04 bits per heavy atom. The number of hydrogen-bond acceptors (Lipinski definition) is 2. The van der Waals surface area contributed by atoms with Crippen LogP contribution in [0.25, 0.3) is 0 Å². The topological polar surface area (TPSA) is 21.6 Å². The number of hydrogen-bond donors (Lipinski definition) is 0. The largest absolute Gasteiger partial charge is 0.391 e. The van der Waals surface area contributed by atoms with Crippen LogP contribution in [0.5, 0.6) is 0 Å². The van der Waals surface area contributed by atoms with E-state index in [0.29, 0.717) is 0 Å². The second-order valence-corrected chi connectivity index (χ2v) is 4.50. The molecule has 0 aromatic heterocycles. The third kappa shape index (κ3) is 5.64. The first kappa shape index (κ1) is 19.6. The fraction of sp³-hybridized carbons (Fsp3) is 0.235. The van der Waals surface area contributed by atoms with Gasteiger partial charge in [0.15, 0.2) is 23.3 Å². The van der Waals surface area contributed by atoms with Crippen molar-refractivity contribution in [3.63, 3.8) is 0 Å². The van der Waals surface area contributed by atoms with E-state index in [-0.39, 0.29) is 0 Å². The van der Waals surface area contributed by atoms with Crippen LogP contribution < -0.4 is 0 Å². The van der Waals surface area contributed by atoms with Gasteiger partial charge in [-0.3, -0.25) is 0 Å². The minimum Gasteiger partial charge on any atom is -0.391 e. The fourth-order valence-electron chi connectivity index (χ4n) is 1.57. The van der Waals surface area contributed by atoms with E-state index in [1.165, 1.54) is 12.3 Å².